The maximum atomic E-state index is 11.0. The van der Waals surface area contributed by atoms with Crippen LogP contribution in [-0.2, 0) is 9.53 Å². The highest BCUT2D eigenvalue weighted by atomic mass is 16.5. The largest absolute Gasteiger partial charge is 0.467 e. The van der Waals surface area contributed by atoms with E-state index in [9.17, 15) is 9.90 Å². The van der Waals surface area contributed by atoms with Crippen molar-refractivity contribution in [2.24, 2.45) is 0 Å². The zero-order valence-corrected chi connectivity index (χ0v) is 13.3. The molecule has 0 aromatic heterocycles. The lowest BCUT2D eigenvalue weighted by Gasteiger charge is -2.07. The van der Waals surface area contributed by atoms with E-state index in [1.807, 2.05) is 0 Å². The van der Waals surface area contributed by atoms with Crippen LogP contribution >= 0.6 is 0 Å². The SMILES string of the molecule is CCCCCC/C=C\CCCCCCC(O)C(=O)OC. The molecule has 0 heterocycles. The van der Waals surface area contributed by atoms with E-state index in [-0.39, 0.29) is 0 Å². The van der Waals surface area contributed by atoms with Crippen molar-refractivity contribution in [3.05, 3.63) is 12.2 Å². The zero-order valence-electron chi connectivity index (χ0n) is 13.3. The van der Waals surface area contributed by atoms with E-state index in [0.29, 0.717) is 6.42 Å². The molecule has 0 radical (unpaired) electrons. The van der Waals surface area contributed by atoms with Gasteiger partial charge in [0.2, 0.25) is 0 Å². The van der Waals surface area contributed by atoms with Crippen LogP contribution in [0.5, 0.6) is 0 Å². The molecular formula is C17H32O3. The summed E-state index contributed by atoms with van der Waals surface area (Å²) in [5.41, 5.74) is 0. The molecule has 0 aliphatic carbocycles. The number of methoxy groups -OCH3 is 1. The van der Waals surface area contributed by atoms with Crippen LogP contribution in [0.2, 0.25) is 0 Å². The number of carbonyl (C=O) groups excluding carboxylic acids is 1. The second kappa shape index (κ2) is 14.6. The molecule has 20 heavy (non-hydrogen) atoms. The van der Waals surface area contributed by atoms with Gasteiger partial charge in [-0.05, 0) is 32.1 Å². The molecule has 0 aliphatic rings. The summed E-state index contributed by atoms with van der Waals surface area (Å²) >= 11 is 0. The van der Waals surface area contributed by atoms with Crippen LogP contribution in [0.4, 0.5) is 0 Å². The van der Waals surface area contributed by atoms with Crippen molar-refractivity contribution in [1.29, 1.82) is 0 Å². The van der Waals surface area contributed by atoms with Crippen molar-refractivity contribution in [3.8, 4) is 0 Å². The molecule has 0 fully saturated rings. The minimum atomic E-state index is -0.942. The molecule has 0 rings (SSSR count). The zero-order chi connectivity index (χ0) is 15.1. The number of hydrogen-bond acceptors (Lipinski definition) is 3. The third-order valence-corrected chi connectivity index (χ3v) is 3.46. The molecule has 0 saturated carbocycles. The molecule has 0 amide bonds. The first kappa shape index (κ1) is 19.2. The number of allylic oxidation sites excluding steroid dienone is 2. The van der Waals surface area contributed by atoms with Gasteiger partial charge in [0.1, 0.15) is 0 Å². The minimum absolute atomic E-state index is 0.514. The average molecular weight is 284 g/mol. The number of aliphatic hydroxyl groups excluding tert-OH is 1. The summed E-state index contributed by atoms with van der Waals surface area (Å²) in [5, 5.41) is 9.39. The summed E-state index contributed by atoms with van der Waals surface area (Å²) in [6.07, 6.45) is 16.1. The Morgan fingerprint density at radius 3 is 2.10 bits per heavy atom. The molecule has 0 aromatic rings. The molecular weight excluding hydrogens is 252 g/mol. The van der Waals surface area contributed by atoms with E-state index in [1.54, 1.807) is 0 Å². The standard InChI is InChI=1S/C17H32O3/c1-3-4-5-6-7-8-9-10-11-12-13-14-15-16(18)17(19)20-2/h8-9,16,18H,3-7,10-15H2,1-2H3/b9-8-. The minimum Gasteiger partial charge on any atom is -0.467 e. The summed E-state index contributed by atoms with van der Waals surface area (Å²) in [4.78, 5) is 11.0. The highest BCUT2D eigenvalue weighted by Crippen LogP contribution is 2.09. The summed E-state index contributed by atoms with van der Waals surface area (Å²) in [5.74, 6) is -0.518. The maximum Gasteiger partial charge on any atom is 0.334 e. The van der Waals surface area contributed by atoms with Gasteiger partial charge in [0.25, 0.3) is 0 Å². The quantitative estimate of drug-likeness (QED) is 0.310. The van der Waals surface area contributed by atoms with Crippen molar-refractivity contribution in [1.82, 2.24) is 0 Å². The van der Waals surface area contributed by atoms with Gasteiger partial charge in [-0.2, -0.15) is 0 Å². The average Bonchev–Trinajstić information content (AvgIpc) is 2.47. The maximum absolute atomic E-state index is 11.0. The van der Waals surface area contributed by atoms with Gasteiger partial charge in [-0.1, -0.05) is 57.6 Å². The van der Waals surface area contributed by atoms with Crippen molar-refractivity contribution in [2.45, 2.75) is 83.7 Å². The van der Waals surface area contributed by atoms with Crippen molar-refractivity contribution >= 4 is 5.97 Å². The molecule has 0 aliphatic heterocycles. The van der Waals surface area contributed by atoms with E-state index in [0.717, 1.165) is 25.7 Å². The summed E-state index contributed by atoms with van der Waals surface area (Å²) < 4.78 is 4.47. The number of esters is 1. The van der Waals surface area contributed by atoms with E-state index in [2.05, 4.69) is 23.8 Å². The Kier molecular flexibility index (Phi) is 14.0. The predicted octanol–water partition coefficient (Wildman–Crippen LogP) is 4.39. The lowest BCUT2D eigenvalue weighted by atomic mass is 10.1. The molecule has 0 saturated heterocycles. The topological polar surface area (TPSA) is 46.5 Å². The lowest BCUT2D eigenvalue weighted by molar-refractivity contribution is -0.150. The van der Waals surface area contributed by atoms with Crippen LogP contribution in [0.1, 0.15) is 77.6 Å². The second-order valence-corrected chi connectivity index (χ2v) is 5.35. The third-order valence-electron chi connectivity index (χ3n) is 3.46. The molecule has 3 heteroatoms. The van der Waals surface area contributed by atoms with Gasteiger partial charge in [-0.15, -0.1) is 0 Å². The van der Waals surface area contributed by atoms with Gasteiger partial charge in [-0.25, -0.2) is 4.79 Å². The molecule has 1 unspecified atom stereocenters. The molecule has 0 spiro atoms. The van der Waals surface area contributed by atoms with Crippen molar-refractivity contribution in [2.75, 3.05) is 7.11 Å². The van der Waals surface area contributed by atoms with E-state index < -0.39 is 12.1 Å². The van der Waals surface area contributed by atoms with Crippen LogP contribution in [0, 0.1) is 0 Å². The lowest BCUT2D eigenvalue weighted by Crippen LogP contribution is -2.21. The normalized spacial score (nSPS) is 12.8. The monoisotopic (exact) mass is 284 g/mol. The summed E-state index contributed by atoms with van der Waals surface area (Å²) in [6, 6.07) is 0. The Morgan fingerprint density at radius 1 is 1.00 bits per heavy atom. The predicted molar refractivity (Wildman–Crippen MR) is 83.6 cm³/mol. The van der Waals surface area contributed by atoms with Crippen LogP contribution in [0.25, 0.3) is 0 Å². The first-order valence-corrected chi connectivity index (χ1v) is 8.13. The first-order valence-electron chi connectivity index (χ1n) is 8.13. The van der Waals surface area contributed by atoms with Gasteiger partial charge in [0.05, 0.1) is 7.11 Å². The molecule has 0 bridgehead atoms. The molecule has 1 atom stereocenters. The molecule has 3 nitrogen and oxygen atoms in total. The van der Waals surface area contributed by atoms with E-state index in [4.69, 9.17) is 0 Å². The summed E-state index contributed by atoms with van der Waals surface area (Å²) in [7, 11) is 1.31. The van der Waals surface area contributed by atoms with Crippen LogP contribution in [-0.4, -0.2) is 24.3 Å². The number of rotatable bonds is 13. The number of aliphatic hydroxyl groups is 1. The third kappa shape index (κ3) is 12.2. The van der Waals surface area contributed by atoms with Crippen LogP contribution in [0.15, 0.2) is 12.2 Å². The van der Waals surface area contributed by atoms with E-state index in [1.165, 1.54) is 45.6 Å². The number of hydrogen-bond donors (Lipinski definition) is 1. The smallest absolute Gasteiger partial charge is 0.334 e. The Balaban J connectivity index is 3.24. The Bertz CT molecular complexity index is 249. The van der Waals surface area contributed by atoms with Gasteiger partial charge in [0.15, 0.2) is 6.10 Å². The summed E-state index contributed by atoms with van der Waals surface area (Å²) in [6.45, 7) is 2.24. The van der Waals surface area contributed by atoms with Gasteiger partial charge < -0.3 is 9.84 Å². The fourth-order valence-electron chi connectivity index (χ4n) is 2.13. The van der Waals surface area contributed by atoms with Crippen LogP contribution in [0.3, 0.4) is 0 Å². The van der Waals surface area contributed by atoms with Crippen LogP contribution < -0.4 is 0 Å². The van der Waals surface area contributed by atoms with Gasteiger partial charge in [0, 0.05) is 0 Å². The highest BCUT2D eigenvalue weighted by molar-refractivity contribution is 5.74. The first-order chi connectivity index (χ1) is 9.72. The van der Waals surface area contributed by atoms with E-state index >= 15 is 0 Å². The van der Waals surface area contributed by atoms with Crippen molar-refractivity contribution < 1.29 is 14.6 Å². The van der Waals surface area contributed by atoms with Crippen molar-refractivity contribution in [3.63, 3.8) is 0 Å². The fourth-order valence-corrected chi connectivity index (χ4v) is 2.13. The number of carbonyl (C=O) groups is 1. The second-order valence-electron chi connectivity index (χ2n) is 5.35. The van der Waals surface area contributed by atoms with Gasteiger partial charge in [-0.3, -0.25) is 0 Å². The molecule has 0 aromatic carbocycles. The Hall–Kier alpha value is -0.830. The van der Waals surface area contributed by atoms with Gasteiger partial charge >= 0.3 is 5.97 Å². The number of ether oxygens (including phenoxy) is 1. The molecule has 118 valence electrons. The fraction of sp³-hybridized carbons (Fsp3) is 0.824. The highest BCUT2D eigenvalue weighted by Gasteiger charge is 2.13. The Labute approximate surface area is 124 Å². The molecule has 1 N–H and O–H groups in total. The number of unbranched alkanes of at least 4 members (excludes halogenated alkanes) is 8. The Morgan fingerprint density at radius 2 is 1.55 bits per heavy atom.